The molecular weight excluding hydrogens is 212 g/mol. The number of aromatic nitrogens is 1. The number of aliphatic hydroxyl groups excluding tert-OH is 1. The van der Waals surface area contributed by atoms with Crippen molar-refractivity contribution in [3.05, 3.63) is 23.0 Å². The van der Waals surface area contributed by atoms with Crippen LogP contribution in [-0.2, 0) is 0 Å². The minimum absolute atomic E-state index is 0.133. The number of anilines is 1. The number of aliphatic hydroxyl groups is 1. The molecule has 0 bridgehead atoms. The van der Waals surface area contributed by atoms with Gasteiger partial charge in [-0.2, -0.15) is 0 Å². The topological polar surface area (TPSA) is 45.2 Å². The van der Waals surface area contributed by atoms with E-state index in [1.165, 1.54) is 0 Å². The number of hydrogen-bond acceptors (Lipinski definition) is 3. The average molecular weight is 229 g/mol. The lowest BCUT2D eigenvalue weighted by Gasteiger charge is -2.23. The third kappa shape index (κ3) is 3.68. The fourth-order valence-electron chi connectivity index (χ4n) is 1.11. The number of halogens is 1. The van der Waals surface area contributed by atoms with E-state index < -0.39 is 0 Å². The molecule has 15 heavy (non-hydrogen) atoms. The fraction of sp³-hybridized carbons (Fsp3) is 0.545. The van der Waals surface area contributed by atoms with Crippen molar-refractivity contribution < 1.29 is 5.11 Å². The predicted octanol–water partition coefficient (Wildman–Crippen LogP) is 2.47. The predicted molar refractivity (Wildman–Crippen MR) is 63.3 cm³/mol. The molecule has 0 aliphatic rings. The van der Waals surface area contributed by atoms with Crippen LogP contribution in [0.1, 0.15) is 19.5 Å². The maximum atomic E-state index is 9.11. The van der Waals surface area contributed by atoms with E-state index in [-0.39, 0.29) is 12.0 Å². The zero-order chi connectivity index (χ0) is 11.5. The first-order chi connectivity index (χ1) is 6.94. The molecule has 1 aromatic rings. The van der Waals surface area contributed by atoms with Crippen molar-refractivity contribution in [3.63, 3.8) is 0 Å². The fourth-order valence-corrected chi connectivity index (χ4v) is 1.30. The van der Waals surface area contributed by atoms with E-state index in [0.717, 1.165) is 11.4 Å². The first kappa shape index (κ1) is 12.3. The molecule has 0 aromatic carbocycles. The Kier molecular flexibility index (Phi) is 3.94. The molecule has 0 aliphatic carbocycles. The summed E-state index contributed by atoms with van der Waals surface area (Å²) >= 11 is 5.76. The van der Waals surface area contributed by atoms with Crippen LogP contribution in [0.15, 0.2) is 12.1 Å². The van der Waals surface area contributed by atoms with Crippen molar-refractivity contribution >= 4 is 17.3 Å². The molecule has 1 heterocycles. The lowest BCUT2D eigenvalue weighted by Crippen LogP contribution is -2.27. The van der Waals surface area contributed by atoms with Gasteiger partial charge in [0, 0.05) is 18.6 Å². The van der Waals surface area contributed by atoms with E-state index in [2.05, 4.69) is 10.3 Å². The third-order valence-electron chi connectivity index (χ3n) is 2.24. The van der Waals surface area contributed by atoms with Crippen LogP contribution in [0.3, 0.4) is 0 Å². The van der Waals surface area contributed by atoms with Gasteiger partial charge in [-0.05, 0) is 19.1 Å². The summed E-state index contributed by atoms with van der Waals surface area (Å²) in [6.07, 6.45) is 0. The molecule has 0 fully saturated rings. The Balaban J connectivity index is 2.66. The van der Waals surface area contributed by atoms with Gasteiger partial charge in [0.1, 0.15) is 5.15 Å². The second-order valence-corrected chi connectivity index (χ2v) is 4.83. The number of nitrogens with zero attached hydrogens (tertiary/aromatic N) is 1. The van der Waals surface area contributed by atoms with E-state index in [0.29, 0.717) is 11.7 Å². The van der Waals surface area contributed by atoms with Crippen molar-refractivity contribution in [1.29, 1.82) is 0 Å². The van der Waals surface area contributed by atoms with Gasteiger partial charge in [0.2, 0.25) is 0 Å². The molecule has 2 N–H and O–H groups in total. The number of rotatable bonds is 4. The summed E-state index contributed by atoms with van der Waals surface area (Å²) in [5.74, 6) is 0. The number of nitrogens with one attached hydrogen (secondary N) is 1. The molecule has 0 unspecified atom stereocenters. The molecule has 0 aliphatic heterocycles. The van der Waals surface area contributed by atoms with Crippen LogP contribution in [0.25, 0.3) is 0 Å². The highest BCUT2D eigenvalue weighted by Crippen LogP contribution is 2.19. The van der Waals surface area contributed by atoms with Gasteiger partial charge < -0.3 is 10.4 Å². The molecule has 0 radical (unpaired) electrons. The van der Waals surface area contributed by atoms with Crippen molar-refractivity contribution in [2.24, 2.45) is 5.41 Å². The van der Waals surface area contributed by atoms with Gasteiger partial charge in [-0.15, -0.1) is 0 Å². The van der Waals surface area contributed by atoms with E-state index in [1.54, 1.807) is 6.07 Å². The third-order valence-corrected chi connectivity index (χ3v) is 2.45. The molecule has 0 saturated heterocycles. The maximum absolute atomic E-state index is 9.11. The zero-order valence-corrected chi connectivity index (χ0v) is 10.1. The van der Waals surface area contributed by atoms with Crippen molar-refractivity contribution in [3.8, 4) is 0 Å². The van der Waals surface area contributed by atoms with Crippen molar-refractivity contribution in [2.45, 2.75) is 20.8 Å². The minimum Gasteiger partial charge on any atom is -0.396 e. The highest BCUT2D eigenvalue weighted by atomic mass is 35.5. The maximum Gasteiger partial charge on any atom is 0.129 e. The smallest absolute Gasteiger partial charge is 0.129 e. The van der Waals surface area contributed by atoms with Crippen LogP contribution >= 0.6 is 11.6 Å². The molecule has 0 amide bonds. The second-order valence-electron chi connectivity index (χ2n) is 4.44. The van der Waals surface area contributed by atoms with Crippen LogP contribution < -0.4 is 5.32 Å². The molecule has 0 spiro atoms. The normalized spacial score (nSPS) is 11.5. The highest BCUT2D eigenvalue weighted by molar-refractivity contribution is 6.29. The Morgan fingerprint density at radius 2 is 2.13 bits per heavy atom. The van der Waals surface area contributed by atoms with Gasteiger partial charge in [-0.25, -0.2) is 4.98 Å². The molecule has 3 nitrogen and oxygen atoms in total. The molecule has 1 aromatic heterocycles. The first-order valence-electron chi connectivity index (χ1n) is 4.92. The largest absolute Gasteiger partial charge is 0.396 e. The van der Waals surface area contributed by atoms with E-state index in [4.69, 9.17) is 16.7 Å². The van der Waals surface area contributed by atoms with Crippen molar-refractivity contribution in [1.82, 2.24) is 4.98 Å². The van der Waals surface area contributed by atoms with E-state index >= 15 is 0 Å². The van der Waals surface area contributed by atoms with Gasteiger partial charge in [-0.1, -0.05) is 25.4 Å². The molecular formula is C11H17ClN2O. The Labute approximate surface area is 95.5 Å². The lowest BCUT2D eigenvalue weighted by molar-refractivity contribution is 0.171. The quantitative estimate of drug-likeness (QED) is 0.779. The van der Waals surface area contributed by atoms with Crippen LogP contribution in [0.2, 0.25) is 5.15 Å². The lowest BCUT2D eigenvalue weighted by atomic mass is 9.95. The molecule has 1 rings (SSSR count). The number of pyridine rings is 1. The van der Waals surface area contributed by atoms with E-state index in [1.807, 2.05) is 26.8 Å². The number of aryl methyl sites for hydroxylation is 1. The molecule has 0 atom stereocenters. The van der Waals surface area contributed by atoms with Crippen LogP contribution in [0.5, 0.6) is 0 Å². The standard InChI is InChI=1S/C11H17ClN2O/c1-8-9(4-5-10(12)14-8)13-6-11(2,3)7-15/h4-5,13,15H,6-7H2,1-3H3. The first-order valence-corrected chi connectivity index (χ1v) is 5.30. The van der Waals surface area contributed by atoms with E-state index in [9.17, 15) is 0 Å². The van der Waals surface area contributed by atoms with Crippen LogP contribution in [-0.4, -0.2) is 23.2 Å². The van der Waals surface area contributed by atoms with Gasteiger partial charge in [-0.3, -0.25) is 0 Å². The summed E-state index contributed by atoms with van der Waals surface area (Å²) < 4.78 is 0. The number of hydrogen-bond donors (Lipinski definition) is 2. The van der Waals surface area contributed by atoms with Crippen LogP contribution in [0, 0.1) is 12.3 Å². The Morgan fingerprint density at radius 1 is 1.47 bits per heavy atom. The second kappa shape index (κ2) is 4.81. The summed E-state index contributed by atoms with van der Waals surface area (Å²) in [4.78, 5) is 4.14. The SMILES string of the molecule is Cc1nc(Cl)ccc1NCC(C)(C)CO. The van der Waals surface area contributed by atoms with Gasteiger partial charge in [0.15, 0.2) is 0 Å². The Hall–Kier alpha value is -0.800. The summed E-state index contributed by atoms with van der Waals surface area (Å²) in [5.41, 5.74) is 1.70. The Morgan fingerprint density at radius 3 is 2.67 bits per heavy atom. The van der Waals surface area contributed by atoms with Crippen molar-refractivity contribution in [2.75, 3.05) is 18.5 Å². The Bertz CT molecular complexity index is 339. The van der Waals surface area contributed by atoms with Gasteiger partial charge in [0.25, 0.3) is 0 Å². The summed E-state index contributed by atoms with van der Waals surface area (Å²) in [6.45, 7) is 6.76. The highest BCUT2D eigenvalue weighted by Gasteiger charge is 2.16. The summed E-state index contributed by atoms with van der Waals surface area (Å²) in [5, 5.41) is 12.9. The zero-order valence-electron chi connectivity index (χ0n) is 9.34. The molecule has 0 saturated carbocycles. The van der Waals surface area contributed by atoms with Crippen LogP contribution in [0.4, 0.5) is 5.69 Å². The minimum atomic E-state index is -0.133. The molecule has 84 valence electrons. The monoisotopic (exact) mass is 228 g/mol. The summed E-state index contributed by atoms with van der Waals surface area (Å²) in [6, 6.07) is 3.65. The van der Waals surface area contributed by atoms with Gasteiger partial charge in [0.05, 0.1) is 11.4 Å². The average Bonchev–Trinajstić information content (AvgIpc) is 2.16. The van der Waals surface area contributed by atoms with Gasteiger partial charge >= 0.3 is 0 Å². The molecule has 4 heteroatoms. The summed E-state index contributed by atoms with van der Waals surface area (Å²) in [7, 11) is 0.